The van der Waals surface area contributed by atoms with Gasteiger partial charge >= 0.3 is 0 Å². The molecule has 2 amide bonds. The van der Waals surface area contributed by atoms with Crippen LogP contribution in [-0.2, 0) is 14.8 Å². The van der Waals surface area contributed by atoms with Gasteiger partial charge in [-0.25, -0.2) is 8.42 Å². The summed E-state index contributed by atoms with van der Waals surface area (Å²) in [5, 5.41) is 5.86. The largest absolute Gasteiger partial charge is 0.351 e. The van der Waals surface area contributed by atoms with Crippen LogP contribution in [0.1, 0.15) is 50.9 Å². The average Bonchev–Trinajstić information content (AvgIpc) is 2.74. The first kappa shape index (κ1) is 25.3. The normalized spacial score (nSPS) is 17.0. The van der Waals surface area contributed by atoms with Crippen molar-refractivity contribution in [2.24, 2.45) is 5.92 Å². The Morgan fingerprint density at radius 2 is 1.77 bits per heavy atom. The summed E-state index contributed by atoms with van der Waals surface area (Å²) in [6, 6.07) is 5.36. The Hall–Kier alpha value is -1.97. The summed E-state index contributed by atoms with van der Waals surface area (Å²) in [6.07, 6.45) is 1.76. The zero-order valence-electron chi connectivity index (χ0n) is 19.2. The number of rotatable bonds is 9. The van der Waals surface area contributed by atoms with E-state index in [1.807, 2.05) is 13.8 Å². The van der Waals surface area contributed by atoms with E-state index in [9.17, 15) is 18.0 Å². The predicted molar refractivity (Wildman–Crippen MR) is 121 cm³/mol. The fourth-order valence-electron chi connectivity index (χ4n) is 3.71. The van der Waals surface area contributed by atoms with Gasteiger partial charge in [0.05, 0.1) is 4.90 Å². The van der Waals surface area contributed by atoms with Crippen molar-refractivity contribution in [3.05, 3.63) is 29.8 Å². The molecule has 1 fully saturated rings. The lowest BCUT2D eigenvalue weighted by molar-refractivity contribution is -0.125. The van der Waals surface area contributed by atoms with Crippen molar-refractivity contribution in [2.45, 2.75) is 57.5 Å². The number of carbonyl (C=O) groups excluding carboxylic acids is 2. The van der Waals surface area contributed by atoms with E-state index in [2.05, 4.69) is 22.6 Å². The molecular weight excluding hydrogens is 416 g/mol. The molecule has 1 heterocycles. The number of carbonyl (C=O) groups is 2. The minimum atomic E-state index is -3.67. The van der Waals surface area contributed by atoms with E-state index in [0.29, 0.717) is 13.1 Å². The van der Waals surface area contributed by atoms with E-state index in [4.69, 9.17) is 0 Å². The fraction of sp³-hybridized carbons (Fsp3) is 0.636. The van der Waals surface area contributed by atoms with Gasteiger partial charge in [0.2, 0.25) is 15.9 Å². The monoisotopic (exact) mass is 452 g/mol. The number of likely N-dealkylation sites (tertiary alicyclic amines) is 1. The van der Waals surface area contributed by atoms with Gasteiger partial charge in [0.15, 0.2) is 0 Å². The van der Waals surface area contributed by atoms with Crippen molar-refractivity contribution in [2.75, 3.05) is 33.2 Å². The van der Waals surface area contributed by atoms with Crippen molar-refractivity contribution in [1.29, 1.82) is 0 Å². The first-order chi connectivity index (χ1) is 14.6. The molecule has 8 nitrogen and oxygen atoms in total. The SMILES string of the molecule is CCN(CC)S(=O)(=O)c1cccc(C(=O)NC(C(=O)NC2CCN(C)CC2)C(C)C)c1. The molecule has 31 heavy (non-hydrogen) atoms. The molecule has 174 valence electrons. The van der Waals surface area contributed by atoms with Gasteiger partial charge in [0.25, 0.3) is 5.91 Å². The standard InChI is InChI=1S/C22H36N4O4S/c1-6-26(7-2)31(29,30)19-10-8-9-17(15-19)21(27)24-20(16(3)4)22(28)23-18-11-13-25(5)14-12-18/h8-10,15-16,18,20H,6-7,11-14H2,1-5H3,(H,23,28)(H,24,27). The van der Waals surface area contributed by atoms with Crippen LogP contribution in [0.5, 0.6) is 0 Å². The molecule has 0 saturated carbocycles. The van der Waals surface area contributed by atoms with Crippen LogP contribution in [0.15, 0.2) is 29.2 Å². The van der Waals surface area contributed by atoms with E-state index in [1.54, 1.807) is 26.0 Å². The maximum atomic E-state index is 12.9. The van der Waals surface area contributed by atoms with E-state index < -0.39 is 22.0 Å². The van der Waals surface area contributed by atoms with Crippen LogP contribution in [-0.4, -0.2) is 74.7 Å². The second kappa shape index (κ2) is 11.1. The smallest absolute Gasteiger partial charge is 0.251 e. The predicted octanol–water partition coefficient (Wildman–Crippen LogP) is 1.68. The zero-order chi connectivity index (χ0) is 23.2. The summed E-state index contributed by atoms with van der Waals surface area (Å²) in [5.41, 5.74) is 0.214. The molecule has 2 N–H and O–H groups in total. The Bertz CT molecular complexity index is 860. The van der Waals surface area contributed by atoms with Crippen LogP contribution in [0, 0.1) is 5.92 Å². The molecule has 1 atom stereocenters. The fourth-order valence-corrected chi connectivity index (χ4v) is 5.22. The maximum absolute atomic E-state index is 12.9. The van der Waals surface area contributed by atoms with Crippen molar-refractivity contribution < 1.29 is 18.0 Å². The van der Waals surface area contributed by atoms with Gasteiger partial charge in [0.1, 0.15) is 6.04 Å². The molecule has 1 aliphatic rings. The van der Waals surface area contributed by atoms with Crippen LogP contribution < -0.4 is 10.6 Å². The molecule has 1 aliphatic heterocycles. The number of sulfonamides is 1. The number of benzene rings is 1. The lowest BCUT2D eigenvalue weighted by Crippen LogP contribution is -2.53. The molecule has 0 aromatic heterocycles. The van der Waals surface area contributed by atoms with E-state index in [1.165, 1.54) is 16.4 Å². The number of nitrogens with one attached hydrogen (secondary N) is 2. The Labute approximate surface area is 186 Å². The summed E-state index contributed by atoms with van der Waals surface area (Å²) in [6.45, 7) is 9.85. The van der Waals surface area contributed by atoms with Gasteiger partial charge in [-0.3, -0.25) is 9.59 Å². The first-order valence-corrected chi connectivity index (χ1v) is 12.4. The molecule has 2 rings (SSSR count). The highest BCUT2D eigenvalue weighted by Crippen LogP contribution is 2.17. The van der Waals surface area contributed by atoms with Gasteiger partial charge in [-0.1, -0.05) is 33.8 Å². The Morgan fingerprint density at radius 3 is 2.32 bits per heavy atom. The summed E-state index contributed by atoms with van der Waals surface area (Å²) in [5.74, 6) is -0.781. The summed E-state index contributed by atoms with van der Waals surface area (Å²) in [4.78, 5) is 28.0. The van der Waals surface area contributed by atoms with E-state index in [0.717, 1.165) is 25.9 Å². The molecule has 1 saturated heterocycles. The Kier molecular flexibility index (Phi) is 9.02. The molecule has 1 aromatic rings. The van der Waals surface area contributed by atoms with Crippen LogP contribution in [0.3, 0.4) is 0 Å². The number of hydrogen-bond donors (Lipinski definition) is 2. The van der Waals surface area contributed by atoms with E-state index >= 15 is 0 Å². The van der Waals surface area contributed by atoms with Crippen LogP contribution in [0.25, 0.3) is 0 Å². The van der Waals surface area contributed by atoms with Gasteiger partial charge in [-0.2, -0.15) is 4.31 Å². The van der Waals surface area contributed by atoms with Crippen LogP contribution in [0.4, 0.5) is 0 Å². The third-order valence-corrected chi connectivity index (χ3v) is 7.79. The highest BCUT2D eigenvalue weighted by atomic mass is 32.2. The molecule has 1 aromatic carbocycles. The third-order valence-electron chi connectivity index (χ3n) is 5.74. The van der Waals surface area contributed by atoms with E-state index in [-0.39, 0.29) is 28.3 Å². The summed E-state index contributed by atoms with van der Waals surface area (Å²) >= 11 is 0. The van der Waals surface area contributed by atoms with Crippen molar-refractivity contribution in [3.8, 4) is 0 Å². The summed E-state index contributed by atoms with van der Waals surface area (Å²) < 4.78 is 26.9. The minimum Gasteiger partial charge on any atom is -0.351 e. The number of amides is 2. The second-order valence-electron chi connectivity index (χ2n) is 8.40. The molecule has 0 radical (unpaired) electrons. The lowest BCUT2D eigenvalue weighted by Gasteiger charge is -2.31. The van der Waals surface area contributed by atoms with Crippen LogP contribution >= 0.6 is 0 Å². The van der Waals surface area contributed by atoms with Crippen molar-refractivity contribution in [1.82, 2.24) is 19.8 Å². The van der Waals surface area contributed by atoms with Gasteiger partial charge in [0, 0.05) is 24.7 Å². The molecule has 0 aliphatic carbocycles. The van der Waals surface area contributed by atoms with Gasteiger partial charge in [-0.15, -0.1) is 0 Å². The van der Waals surface area contributed by atoms with Crippen molar-refractivity contribution in [3.63, 3.8) is 0 Å². The lowest BCUT2D eigenvalue weighted by atomic mass is 10.0. The van der Waals surface area contributed by atoms with Gasteiger partial charge in [-0.05, 0) is 57.1 Å². The molecule has 0 spiro atoms. The third kappa shape index (κ3) is 6.51. The van der Waals surface area contributed by atoms with Gasteiger partial charge < -0.3 is 15.5 Å². The number of piperidine rings is 1. The van der Waals surface area contributed by atoms with Crippen LogP contribution in [0.2, 0.25) is 0 Å². The maximum Gasteiger partial charge on any atom is 0.251 e. The highest BCUT2D eigenvalue weighted by molar-refractivity contribution is 7.89. The zero-order valence-corrected chi connectivity index (χ0v) is 20.0. The minimum absolute atomic E-state index is 0.0701. The van der Waals surface area contributed by atoms with Crippen molar-refractivity contribution >= 4 is 21.8 Å². The Morgan fingerprint density at radius 1 is 1.16 bits per heavy atom. The number of hydrogen-bond acceptors (Lipinski definition) is 5. The topological polar surface area (TPSA) is 98.8 Å². The second-order valence-corrected chi connectivity index (χ2v) is 10.3. The first-order valence-electron chi connectivity index (χ1n) is 11.0. The Balaban J connectivity index is 2.13. The average molecular weight is 453 g/mol. The highest BCUT2D eigenvalue weighted by Gasteiger charge is 2.28. The number of nitrogens with zero attached hydrogens (tertiary/aromatic N) is 2. The molecule has 9 heteroatoms. The molecular formula is C22H36N4O4S. The molecule has 0 bridgehead atoms. The quantitative estimate of drug-likeness (QED) is 0.594. The molecule has 1 unspecified atom stereocenters. The summed E-state index contributed by atoms with van der Waals surface area (Å²) in [7, 11) is -1.61.